The Kier molecular flexibility index (Phi) is 5.28. The zero-order valence-corrected chi connectivity index (χ0v) is 10.7. The van der Waals surface area contributed by atoms with Crippen LogP contribution in [0, 0.1) is 0 Å². The van der Waals surface area contributed by atoms with Gasteiger partial charge in [-0.3, -0.25) is 4.90 Å². The summed E-state index contributed by atoms with van der Waals surface area (Å²) in [5.74, 6) is -0.0392. The lowest BCUT2D eigenvalue weighted by molar-refractivity contribution is -0.147. The Hall–Kier alpha value is -0.940. The lowest BCUT2D eigenvalue weighted by Gasteiger charge is -2.23. The van der Waals surface area contributed by atoms with Gasteiger partial charge in [0.1, 0.15) is 5.75 Å². The van der Waals surface area contributed by atoms with Gasteiger partial charge in [-0.15, -0.1) is 0 Å². The Bertz CT molecular complexity index is 395. The Morgan fingerprint density at radius 1 is 1.33 bits per heavy atom. The average molecular weight is 282 g/mol. The molecule has 0 aliphatic heterocycles. The Morgan fingerprint density at radius 3 is 2.56 bits per heavy atom. The van der Waals surface area contributed by atoms with E-state index in [0.29, 0.717) is 23.6 Å². The van der Waals surface area contributed by atoms with Gasteiger partial charge < -0.3 is 5.11 Å². The quantitative estimate of drug-likeness (QED) is 0.887. The van der Waals surface area contributed by atoms with Crippen molar-refractivity contribution in [1.29, 1.82) is 0 Å². The van der Waals surface area contributed by atoms with Crippen LogP contribution in [0.3, 0.4) is 0 Å². The van der Waals surface area contributed by atoms with Crippen LogP contribution in [0.1, 0.15) is 18.9 Å². The summed E-state index contributed by atoms with van der Waals surface area (Å²) < 4.78 is 37.1. The van der Waals surface area contributed by atoms with Gasteiger partial charge >= 0.3 is 6.18 Å². The van der Waals surface area contributed by atoms with Gasteiger partial charge in [-0.25, -0.2) is 0 Å². The van der Waals surface area contributed by atoms with Crippen LogP contribution in [-0.4, -0.2) is 29.3 Å². The molecule has 1 aromatic rings. The molecule has 0 atom stereocenters. The van der Waals surface area contributed by atoms with Crippen LogP contribution in [0.4, 0.5) is 13.2 Å². The third kappa shape index (κ3) is 5.14. The number of rotatable bonds is 5. The maximum absolute atomic E-state index is 12.4. The SMILES string of the molecule is CCCN(Cc1cc(Cl)ccc1O)CC(F)(F)F. The van der Waals surface area contributed by atoms with Gasteiger partial charge in [0.15, 0.2) is 0 Å². The van der Waals surface area contributed by atoms with E-state index in [1.165, 1.54) is 23.1 Å². The average Bonchev–Trinajstić information content (AvgIpc) is 2.21. The van der Waals surface area contributed by atoms with Crippen molar-refractivity contribution < 1.29 is 18.3 Å². The lowest BCUT2D eigenvalue weighted by Crippen LogP contribution is -2.34. The summed E-state index contributed by atoms with van der Waals surface area (Å²) in [6, 6.07) is 4.36. The first-order valence-electron chi connectivity index (χ1n) is 5.58. The molecule has 1 N–H and O–H groups in total. The third-order valence-corrected chi connectivity index (χ3v) is 2.61. The number of phenolic OH excluding ortho intramolecular Hbond substituents is 1. The molecule has 0 saturated carbocycles. The fraction of sp³-hybridized carbons (Fsp3) is 0.500. The smallest absolute Gasteiger partial charge is 0.401 e. The summed E-state index contributed by atoms with van der Waals surface area (Å²) in [7, 11) is 0. The van der Waals surface area contributed by atoms with Gasteiger partial charge in [-0.2, -0.15) is 13.2 Å². The molecular formula is C12H15ClF3NO. The highest BCUT2D eigenvalue weighted by Gasteiger charge is 2.30. The number of nitrogens with zero attached hydrogens (tertiary/aromatic N) is 1. The van der Waals surface area contributed by atoms with Gasteiger partial charge in [0.25, 0.3) is 0 Å². The van der Waals surface area contributed by atoms with E-state index < -0.39 is 12.7 Å². The summed E-state index contributed by atoms with van der Waals surface area (Å²) in [4.78, 5) is 1.24. The topological polar surface area (TPSA) is 23.5 Å². The van der Waals surface area contributed by atoms with Gasteiger partial charge in [0, 0.05) is 17.1 Å². The van der Waals surface area contributed by atoms with Crippen molar-refractivity contribution in [2.24, 2.45) is 0 Å². The molecule has 2 nitrogen and oxygen atoms in total. The van der Waals surface area contributed by atoms with E-state index in [1.54, 1.807) is 6.92 Å². The number of hydrogen-bond acceptors (Lipinski definition) is 2. The molecule has 0 aromatic heterocycles. The first-order chi connectivity index (χ1) is 8.31. The largest absolute Gasteiger partial charge is 0.508 e. The van der Waals surface area contributed by atoms with E-state index in [4.69, 9.17) is 11.6 Å². The molecule has 0 heterocycles. The number of benzene rings is 1. The summed E-state index contributed by atoms with van der Waals surface area (Å²) in [5.41, 5.74) is 0.403. The van der Waals surface area contributed by atoms with E-state index in [0.717, 1.165) is 0 Å². The Labute approximate surface area is 109 Å². The van der Waals surface area contributed by atoms with Crippen LogP contribution in [0.15, 0.2) is 18.2 Å². The van der Waals surface area contributed by atoms with Crippen molar-refractivity contribution in [3.8, 4) is 5.75 Å². The highest BCUT2D eigenvalue weighted by molar-refractivity contribution is 6.30. The van der Waals surface area contributed by atoms with E-state index in [2.05, 4.69) is 0 Å². The molecule has 18 heavy (non-hydrogen) atoms. The van der Waals surface area contributed by atoms with Crippen LogP contribution in [0.2, 0.25) is 5.02 Å². The molecule has 0 radical (unpaired) electrons. The van der Waals surface area contributed by atoms with E-state index in [9.17, 15) is 18.3 Å². The van der Waals surface area contributed by atoms with Crippen LogP contribution >= 0.6 is 11.6 Å². The van der Waals surface area contributed by atoms with Crippen LogP contribution in [0.25, 0.3) is 0 Å². The monoisotopic (exact) mass is 281 g/mol. The molecule has 1 aromatic carbocycles. The Morgan fingerprint density at radius 2 is 2.00 bits per heavy atom. The summed E-state index contributed by atoms with van der Waals surface area (Å²) in [6.45, 7) is 1.15. The number of hydrogen-bond donors (Lipinski definition) is 1. The zero-order valence-electron chi connectivity index (χ0n) is 9.97. The fourth-order valence-electron chi connectivity index (χ4n) is 1.71. The molecule has 0 amide bonds. The number of phenols is 1. The van der Waals surface area contributed by atoms with E-state index in [-0.39, 0.29) is 12.3 Å². The summed E-state index contributed by atoms with van der Waals surface area (Å²) >= 11 is 5.76. The first-order valence-corrected chi connectivity index (χ1v) is 5.96. The maximum Gasteiger partial charge on any atom is 0.401 e. The normalized spacial score (nSPS) is 12.1. The minimum Gasteiger partial charge on any atom is -0.508 e. The molecule has 0 fully saturated rings. The first kappa shape index (κ1) is 15.1. The highest BCUT2D eigenvalue weighted by Crippen LogP contribution is 2.25. The van der Waals surface area contributed by atoms with Crippen LogP contribution in [0.5, 0.6) is 5.75 Å². The zero-order chi connectivity index (χ0) is 13.8. The fourth-order valence-corrected chi connectivity index (χ4v) is 1.90. The van der Waals surface area contributed by atoms with E-state index in [1.807, 2.05) is 0 Å². The molecule has 0 saturated heterocycles. The minimum absolute atomic E-state index is 0.0275. The standard InChI is InChI=1S/C12H15ClF3NO/c1-2-5-17(8-12(14,15)16)7-9-6-10(13)3-4-11(9)18/h3-4,6,18H,2,5,7-8H2,1H3. The summed E-state index contributed by atoms with van der Waals surface area (Å²) in [5, 5.41) is 9.98. The number of aromatic hydroxyl groups is 1. The molecular weight excluding hydrogens is 267 g/mol. The predicted molar refractivity (Wildman–Crippen MR) is 64.7 cm³/mol. The Balaban J connectivity index is 2.79. The molecule has 0 spiro atoms. The number of alkyl halides is 3. The lowest BCUT2D eigenvalue weighted by atomic mass is 10.2. The van der Waals surface area contributed by atoms with Gasteiger partial charge in [0.2, 0.25) is 0 Å². The predicted octanol–water partition coefficient (Wildman–Crippen LogP) is 3.82. The van der Waals surface area contributed by atoms with Crippen LogP contribution in [-0.2, 0) is 6.54 Å². The third-order valence-electron chi connectivity index (χ3n) is 2.38. The van der Waals surface area contributed by atoms with E-state index >= 15 is 0 Å². The minimum atomic E-state index is -4.25. The molecule has 0 unspecified atom stereocenters. The van der Waals surface area contributed by atoms with Crippen LogP contribution < -0.4 is 0 Å². The molecule has 0 aliphatic carbocycles. The second-order valence-electron chi connectivity index (χ2n) is 4.10. The maximum atomic E-state index is 12.4. The molecule has 102 valence electrons. The van der Waals surface area contributed by atoms with Crippen molar-refractivity contribution in [3.05, 3.63) is 28.8 Å². The number of halogens is 4. The van der Waals surface area contributed by atoms with Crippen molar-refractivity contribution in [3.63, 3.8) is 0 Å². The van der Waals surface area contributed by atoms with Gasteiger partial charge in [-0.05, 0) is 31.2 Å². The molecule has 0 bridgehead atoms. The molecule has 1 rings (SSSR count). The van der Waals surface area contributed by atoms with Gasteiger partial charge in [0.05, 0.1) is 6.54 Å². The second kappa shape index (κ2) is 6.29. The van der Waals surface area contributed by atoms with Crippen molar-refractivity contribution in [2.75, 3.05) is 13.1 Å². The molecule has 6 heteroatoms. The molecule has 0 aliphatic rings. The summed E-state index contributed by atoms with van der Waals surface area (Å²) in [6.07, 6.45) is -3.64. The van der Waals surface area contributed by atoms with Crippen molar-refractivity contribution >= 4 is 11.6 Å². The van der Waals surface area contributed by atoms with Gasteiger partial charge in [-0.1, -0.05) is 18.5 Å². The second-order valence-corrected chi connectivity index (χ2v) is 4.54. The highest BCUT2D eigenvalue weighted by atomic mass is 35.5. The van der Waals surface area contributed by atoms with Crippen molar-refractivity contribution in [2.45, 2.75) is 26.1 Å². The van der Waals surface area contributed by atoms with Crippen molar-refractivity contribution in [1.82, 2.24) is 4.90 Å².